The first-order chi connectivity index (χ1) is 19.3. The number of methoxy groups -OCH3 is 1. The number of nitrogens with one attached hydrogen (secondary N) is 1. The molecule has 10 nitrogen and oxygen atoms in total. The van der Waals surface area contributed by atoms with Crippen LogP contribution in [0.25, 0.3) is 16.8 Å². The third-order valence-electron chi connectivity index (χ3n) is 8.03. The SMILES string of the molecule is COc1cc(C2CCN(C3COC3)CC2)ccc1Nc1ncc2ccc(-c3ccccc3N(C)S(C)(=O)=O)n2n1. The van der Waals surface area contributed by atoms with Gasteiger partial charge in [0.15, 0.2) is 0 Å². The quantitative estimate of drug-likeness (QED) is 0.342. The van der Waals surface area contributed by atoms with Gasteiger partial charge < -0.3 is 14.8 Å². The van der Waals surface area contributed by atoms with Gasteiger partial charge in [0.1, 0.15) is 5.75 Å². The Kier molecular flexibility index (Phi) is 7.11. The zero-order valence-corrected chi connectivity index (χ0v) is 23.8. The molecular formula is C29H34N6O4S. The van der Waals surface area contributed by atoms with Gasteiger partial charge in [-0.3, -0.25) is 9.21 Å². The number of rotatable bonds is 8. The van der Waals surface area contributed by atoms with Gasteiger partial charge in [0, 0.05) is 12.6 Å². The number of para-hydroxylation sites is 1. The first-order valence-corrected chi connectivity index (χ1v) is 15.3. The highest BCUT2D eigenvalue weighted by Crippen LogP contribution is 2.36. The number of anilines is 3. The average Bonchev–Trinajstić information content (AvgIpc) is 3.35. The zero-order chi connectivity index (χ0) is 27.9. The van der Waals surface area contributed by atoms with Gasteiger partial charge >= 0.3 is 0 Å². The lowest BCUT2D eigenvalue weighted by Gasteiger charge is -2.41. The Bertz CT molecular complexity index is 1630. The monoisotopic (exact) mass is 562 g/mol. The van der Waals surface area contributed by atoms with E-state index in [1.54, 1.807) is 30.9 Å². The maximum absolute atomic E-state index is 12.3. The smallest absolute Gasteiger partial charge is 0.245 e. The highest BCUT2D eigenvalue weighted by molar-refractivity contribution is 7.92. The summed E-state index contributed by atoms with van der Waals surface area (Å²) in [5.41, 5.74) is 4.93. The second-order valence-corrected chi connectivity index (χ2v) is 12.5. The summed E-state index contributed by atoms with van der Waals surface area (Å²) in [6.45, 7) is 3.91. The van der Waals surface area contributed by atoms with Crippen LogP contribution in [0.3, 0.4) is 0 Å². The molecule has 0 saturated carbocycles. The molecule has 2 aromatic heterocycles. The van der Waals surface area contributed by atoms with E-state index in [0.717, 1.165) is 67.4 Å². The Hall–Kier alpha value is -3.67. The van der Waals surface area contributed by atoms with Gasteiger partial charge in [0.2, 0.25) is 16.0 Å². The summed E-state index contributed by atoms with van der Waals surface area (Å²) >= 11 is 0. The minimum Gasteiger partial charge on any atom is -0.495 e. The van der Waals surface area contributed by atoms with Gasteiger partial charge in [-0.25, -0.2) is 17.9 Å². The van der Waals surface area contributed by atoms with Crippen molar-refractivity contribution in [1.29, 1.82) is 0 Å². The zero-order valence-electron chi connectivity index (χ0n) is 22.9. The Balaban J connectivity index is 1.25. The minimum atomic E-state index is -3.44. The van der Waals surface area contributed by atoms with E-state index in [2.05, 4.69) is 27.3 Å². The molecule has 2 saturated heterocycles. The van der Waals surface area contributed by atoms with Crippen LogP contribution in [-0.4, -0.2) is 80.7 Å². The molecule has 40 heavy (non-hydrogen) atoms. The Morgan fingerprint density at radius 3 is 2.55 bits per heavy atom. The van der Waals surface area contributed by atoms with Crippen LogP contribution in [0.5, 0.6) is 5.75 Å². The molecule has 1 N–H and O–H groups in total. The predicted octanol–water partition coefficient (Wildman–Crippen LogP) is 4.12. The van der Waals surface area contributed by atoms with Gasteiger partial charge in [-0.05, 0) is 67.7 Å². The normalized spacial score (nSPS) is 17.1. The van der Waals surface area contributed by atoms with Crippen molar-refractivity contribution in [2.24, 2.45) is 0 Å². The van der Waals surface area contributed by atoms with Crippen LogP contribution in [-0.2, 0) is 14.8 Å². The molecule has 0 atom stereocenters. The number of piperidine rings is 1. The molecule has 4 aromatic rings. The van der Waals surface area contributed by atoms with Gasteiger partial charge in [0.05, 0.1) is 61.4 Å². The first kappa shape index (κ1) is 26.5. The summed E-state index contributed by atoms with van der Waals surface area (Å²) in [4.78, 5) is 7.06. The van der Waals surface area contributed by atoms with Gasteiger partial charge in [-0.1, -0.05) is 24.3 Å². The average molecular weight is 563 g/mol. The molecule has 0 aliphatic carbocycles. The van der Waals surface area contributed by atoms with E-state index in [-0.39, 0.29) is 0 Å². The van der Waals surface area contributed by atoms with Crippen LogP contribution in [0.1, 0.15) is 24.3 Å². The number of fused-ring (bicyclic) bond motifs is 1. The lowest BCUT2D eigenvalue weighted by atomic mass is 9.88. The van der Waals surface area contributed by atoms with E-state index in [1.807, 2.05) is 36.4 Å². The topological polar surface area (TPSA) is 101 Å². The molecule has 0 spiro atoms. The van der Waals surface area contributed by atoms with Crippen LogP contribution >= 0.6 is 0 Å². The summed E-state index contributed by atoms with van der Waals surface area (Å²) in [6, 6.07) is 18.1. The summed E-state index contributed by atoms with van der Waals surface area (Å²) < 4.78 is 38.7. The van der Waals surface area contributed by atoms with Gasteiger partial charge in [0.25, 0.3) is 0 Å². The summed E-state index contributed by atoms with van der Waals surface area (Å²) in [5, 5.41) is 8.07. The molecular weight excluding hydrogens is 528 g/mol. The number of benzene rings is 2. The number of ether oxygens (including phenoxy) is 2. The van der Waals surface area contributed by atoms with Crippen LogP contribution in [0.4, 0.5) is 17.3 Å². The van der Waals surface area contributed by atoms with Crippen LogP contribution in [0, 0.1) is 0 Å². The maximum Gasteiger partial charge on any atom is 0.245 e. The molecule has 0 radical (unpaired) electrons. The summed E-state index contributed by atoms with van der Waals surface area (Å²) in [7, 11) is -0.215. The fraction of sp³-hybridized carbons (Fsp3) is 0.379. The van der Waals surface area contributed by atoms with Crippen molar-refractivity contribution in [3.05, 3.63) is 66.4 Å². The molecule has 0 bridgehead atoms. The maximum atomic E-state index is 12.3. The van der Waals surface area contributed by atoms with Crippen LogP contribution < -0.4 is 14.4 Å². The van der Waals surface area contributed by atoms with Gasteiger partial charge in [-0.2, -0.15) is 0 Å². The lowest BCUT2D eigenvalue weighted by Crippen LogP contribution is -2.51. The third-order valence-corrected chi connectivity index (χ3v) is 9.22. The molecule has 4 heterocycles. The molecule has 11 heteroatoms. The Labute approximate surface area is 234 Å². The first-order valence-electron chi connectivity index (χ1n) is 13.5. The van der Waals surface area contributed by atoms with Crippen molar-refractivity contribution in [1.82, 2.24) is 19.5 Å². The third kappa shape index (κ3) is 5.12. The number of likely N-dealkylation sites (tertiary alicyclic amines) is 1. The molecule has 2 aliphatic heterocycles. The van der Waals surface area contributed by atoms with Crippen molar-refractivity contribution in [3.63, 3.8) is 0 Å². The predicted molar refractivity (Wildman–Crippen MR) is 156 cm³/mol. The largest absolute Gasteiger partial charge is 0.495 e. The van der Waals surface area contributed by atoms with Gasteiger partial charge in [-0.15, -0.1) is 5.10 Å². The fourth-order valence-electron chi connectivity index (χ4n) is 5.52. The highest BCUT2D eigenvalue weighted by Gasteiger charge is 2.30. The summed E-state index contributed by atoms with van der Waals surface area (Å²) in [6.07, 6.45) is 5.18. The van der Waals surface area contributed by atoms with Crippen molar-refractivity contribution in [2.45, 2.75) is 24.8 Å². The molecule has 0 amide bonds. The van der Waals surface area contributed by atoms with Crippen LogP contribution in [0.2, 0.25) is 0 Å². The molecule has 210 valence electrons. The number of sulfonamides is 1. The van der Waals surface area contributed by atoms with Crippen molar-refractivity contribution in [2.75, 3.05) is 56.3 Å². The van der Waals surface area contributed by atoms with E-state index in [9.17, 15) is 8.42 Å². The number of hydrogen-bond acceptors (Lipinski definition) is 8. The molecule has 2 fully saturated rings. The van der Waals surface area contributed by atoms with Crippen LogP contribution in [0.15, 0.2) is 60.8 Å². The minimum absolute atomic E-state index is 0.404. The second kappa shape index (κ2) is 10.7. The van der Waals surface area contributed by atoms with E-state index < -0.39 is 10.0 Å². The van der Waals surface area contributed by atoms with E-state index >= 15 is 0 Å². The van der Waals surface area contributed by atoms with E-state index in [1.165, 1.54) is 16.1 Å². The van der Waals surface area contributed by atoms with Crippen molar-refractivity contribution >= 4 is 32.9 Å². The Morgan fingerprint density at radius 2 is 1.85 bits per heavy atom. The number of hydrogen-bond donors (Lipinski definition) is 1. The Morgan fingerprint density at radius 1 is 1.07 bits per heavy atom. The molecule has 6 rings (SSSR count). The number of aromatic nitrogens is 3. The molecule has 2 aliphatic rings. The summed E-state index contributed by atoms with van der Waals surface area (Å²) in [5.74, 6) is 1.64. The molecule has 2 aromatic carbocycles. The standard InChI is InChI=1S/C29H34N6O4S/c1-33(40(3,36)37)26-7-5-4-6-24(26)27-11-9-22-17-30-29(32-35(22)27)31-25-10-8-21(16-28(25)38-2)20-12-14-34(15-13-20)23-18-39-19-23/h4-11,16-17,20,23H,12-15,18-19H2,1-3H3,(H,31,32). The fourth-order valence-corrected chi connectivity index (χ4v) is 6.04. The number of nitrogens with zero attached hydrogens (tertiary/aromatic N) is 5. The van der Waals surface area contributed by atoms with Crippen molar-refractivity contribution in [3.8, 4) is 17.0 Å². The molecule has 0 unspecified atom stereocenters. The van der Waals surface area contributed by atoms with Crippen molar-refractivity contribution < 1.29 is 17.9 Å². The lowest BCUT2D eigenvalue weighted by molar-refractivity contribution is -0.0712. The van der Waals surface area contributed by atoms with E-state index in [0.29, 0.717) is 23.6 Å². The second-order valence-electron chi connectivity index (χ2n) is 10.5. The highest BCUT2D eigenvalue weighted by atomic mass is 32.2. The van der Waals surface area contributed by atoms with E-state index in [4.69, 9.17) is 14.6 Å².